The molecule has 0 bridgehead atoms. The number of hydrogen-bond donors (Lipinski definition) is 1. The number of nitrogens with zero attached hydrogens (tertiary/aromatic N) is 3. The molecule has 1 saturated heterocycles. The average molecular weight is 384 g/mol. The summed E-state index contributed by atoms with van der Waals surface area (Å²) in [5.74, 6) is -2.49. The van der Waals surface area contributed by atoms with Crippen LogP contribution >= 0.6 is 11.3 Å². The molecule has 6 nitrogen and oxygen atoms in total. The molecule has 10 heteroatoms. The van der Waals surface area contributed by atoms with Gasteiger partial charge in [0, 0.05) is 19.5 Å². The first kappa shape index (κ1) is 18.3. The maximum atomic E-state index is 12.7. The monoisotopic (exact) mass is 384 g/mol. The number of carbonyl (C=O) groups excluding carboxylic acids is 2. The summed E-state index contributed by atoms with van der Waals surface area (Å²) in [6.45, 7) is 1.98. The Bertz CT molecular complexity index is 835. The number of likely N-dealkylation sites (N-methyl/N-ethyl adjacent to an activating group) is 1. The van der Waals surface area contributed by atoms with Crippen molar-refractivity contribution in [3.8, 4) is 0 Å². The number of rotatable bonds is 3. The molecule has 138 valence electrons. The standard InChI is InChI=1S/C16H15F3N4O2S/c1-8-21-22-15(26-8)20-13(24)12-11(7-23(2)14(12)25)9-3-5-10(6-4-9)16(17,18)19/h3-6,11-12H,7H2,1-2H3,(H,20,22,24)/t11-,12+/m0/s1. The Kier molecular flexibility index (Phi) is 4.70. The number of aryl methyl sites for hydroxylation is 1. The van der Waals surface area contributed by atoms with E-state index in [9.17, 15) is 22.8 Å². The quantitative estimate of drug-likeness (QED) is 0.826. The van der Waals surface area contributed by atoms with Crippen molar-refractivity contribution in [2.45, 2.75) is 19.0 Å². The van der Waals surface area contributed by atoms with Crippen molar-refractivity contribution in [3.63, 3.8) is 0 Å². The van der Waals surface area contributed by atoms with Gasteiger partial charge in [-0.25, -0.2) is 0 Å². The van der Waals surface area contributed by atoms with E-state index in [0.29, 0.717) is 10.6 Å². The topological polar surface area (TPSA) is 75.2 Å². The third-order valence-corrected chi connectivity index (χ3v) is 4.97. The van der Waals surface area contributed by atoms with Gasteiger partial charge in [-0.3, -0.25) is 14.9 Å². The van der Waals surface area contributed by atoms with Gasteiger partial charge < -0.3 is 4.90 Å². The van der Waals surface area contributed by atoms with Crippen molar-refractivity contribution in [2.24, 2.45) is 5.92 Å². The summed E-state index contributed by atoms with van der Waals surface area (Å²) in [5.41, 5.74) is -0.270. The Morgan fingerprint density at radius 3 is 2.46 bits per heavy atom. The molecule has 1 N–H and O–H groups in total. The van der Waals surface area contributed by atoms with Crippen LogP contribution in [0.25, 0.3) is 0 Å². The molecule has 2 amide bonds. The number of likely N-dealkylation sites (tertiary alicyclic amines) is 1. The fourth-order valence-corrected chi connectivity index (χ4v) is 3.54. The van der Waals surface area contributed by atoms with E-state index in [1.54, 1.807) is 14.0 Å². The molecule has 2 aromatic rings. The number of aromatic nitrogens is 2. The van der Waals surface area contributed by atoms with Gasteiger partial charge in [0.05, 0.1) is 5.56 Å². The Morgan fingerprint density at radius 2 is 1.92 bits per heavy atom. The van der Waals surface area contributed by atoms with E-state index in [1.807, 2.05) is 0 Å². The number of benzene rings is 1. The van der Waals surface area contributed by atoms with E-state index in [2.05, 4.69) is 15.5 Å². The highest BCUT2D eigenvalue weighted by atomic mass is 32.1. The van der Waals surface area contributed by atoms with Crippen LogP contribution < -0.4 is 5.32 Å². The summed E-state index contributed by atoms with van der Waals surface area (Å²) >= 11 is 1.17. The molecular formula is C16H15F3N4O2S. The van der Waals surface area contributed by atoms with Gasteiger partial charge >= 0.3 is 6.18 Å². The zero-order valence-electron chi connectivity index (χ0n) is 13.9. The lowest BCUT2D eigenvalue weighted by molar-refractivity contribution is -0.138. The van der Waals surface area contributed by atoms with Crippen molar-refractivity contribution in [3.05, 3.63) is 40.4 Å². The molecule has 0 aliphatic carbocycles. The lowest BCUT2D eigenvalue weighted by atomic mass is 9.87. The molecular weight excluding hydrogens is 369 g/mol. The van der Waals surface area contributed by atoms with Crippen LogP contribution in [0, 0.1) is 12.8 Å². The summed E-state index contributed by atoms with van der Waals surface area (Å²) in [5, 5.41) is 11.1. The largest absolute Gasteiger partial charge is 0.416 e. The molecule has 0 unspecified atom stereocenters. The molecule has 3 rings (SSSR count). The second-order valence-corrected chi connectivity index (χ2v) is 7.22. The van der Waals surface area contributed by atoms with Crippen LogP contribution in [0.4, 0.5) is 18.3 Å². The zero-order valence-corrected chi connectivity index (χ0v) is 14.7. The van der Waals surface area contributed by atoms with Crippen LogP contribution in [0.5, 0.6) is 0 Å². The number of carbonyl (C=O) groups is 2. The molecule has 1 aliphatic rings. The van der Waals surface area contributed by atoms with Crippen molar-refractivity contribution in [1.29, 1.82) is 0 Å². The normalized spacial score (nSPS) is 20.5. The number of amides is 2. The number of nitrogens with one attached hydrogen (secondary N) is 1. The molecule has 2 heterocycles. The van der Waals surface area contributed by atoms with E-state index in [1.165, 1.54) is 28.4 Å². The van der Waals surface area contributed by atoms with Gasteiger partial charge in [0.15, 0.2) is 0 Å². The van der Waals surface area contributed by atoms with Gasteiger partial charge in [-0.05, 0) is 24.6 Å². The number of hydrogen-bond acceptors (Lipinski definition) is 5. The predicted molar refractivity (Wildman–Crippen MR) is 88.6 cm³/mol. The van der Waals surface area contributed by atoms with Gasteiger partial charge in [0.25, 0.3) is 0 Å². The molecule has 1 aromatic heterocycles. The Morgan fingerprint density at radius 1 is 1.27 bits per heavy atom. The molecule has 0 spiro atoms. The van der Waals surface area contributed by atoms with E-state index in [4.69, 9.17) is 0 Å². The average Bonchev–Trinajstić information content (AvgIpc) is 3.10. The summed E-state index contributed by atoms with van der Waals surface area (Å²) in [7, 11) is 1.56. The maximum absolute atomic E-state index is 12.7. The van der Waals surface area contributed by atoms with Crippen molar-refractivity contribution in [2.75, 3.05) is 18.9 Å². The lowest BCUT2D eigenvalue weighted by Crippen LogP contribution is -2.32. The van der Waals surface area contributed by atoms with Crippen LogP contribution in [0.1, 0.15) is 22.1 Å². The zero-order chi connectivity index (χ0) is 19.1. The fourth-order valence-electron chi connectivity index (χ4n) is 2.94. The highest BCUT2D eigenvalue weighted by Crippen LogP contribution is 2.36. The smallest absolute Gasteiger partial charge is 0.344 e. The second kappa shape index (κ2) is 6.67. The van der Waals surface area contributed by atoms with E-state index >= 15 is 0 Å². The molecule has 1 aliphatic heterocycles. The number of halogens is 3. The van der Waals surface area contributed by atoms with Gasteiger partial charge in [-0.2, -0.15) is 13.2 Å². The molecule has 26 heavy (non-hydrogen) atoms. The van der Waals surface area contributed by atoms with Crippen LogP contribution in [0.2, 0.25) is 0 Å². The Balaban J connectivity index is 1.85. The van der Waals surface area contributed by atoms with Gasteiger partial charge in [0.2, 0.25) is 16.9 Å². The van der Waals surface area contributed by atoms with Crippen LogP contribution in [0.3, 0.4) is 0 Å². The van der Waals surface area contributed by atoms with E-state index in [0.717, 1.165) is 12.1 Å². The first-order valence-corrected chi connectivity index (χ1v) is 8.51. The minimum absolute atomic E-state index is 0.247. The second-order valence-electron chi connectivity index (χ2n) is 6.04. The SMILES string of the molecule is Cc1nnc(NC(=O)[C@@H]2C(=O)N(C)C[C@H]2c2ccc(C(F)(F)F)cc2)s1. The summed E-state index contributed by atoms with van der Waals surface area (Å²) in [6, 6.07) is 4.55. The molecule has 2 atom stereocenters. The van der Waals surface area contributed by atoms with E-state index in [-0.39, 0.29) is 17.6 Å². The fraction of sp³-hybridized carbons (Fsp3) is 0.375. The van der Waals surface area contributed by atoms with Gasteiger partial charge in [-0.1, -0.05) is 23.5 Å². The first-order valence-electron chi connectivity index (χ1n) is 7.70. The summed E-state index contributed by atoms with van der Waals surface area (Å²) in [6.07, 6.45) is -4.44. The van der Waals surface area contributed by atoms with Crippen molar-refractivity contribution >= 4 is 28.3 Å². The van der Waals surface area contributed by atoms with Crippen LogP contribution in [-0.2, 0) is 15.8 Å². The van der Waals surface area contributed by atoms with Crippen molar-refractivity contribution < 1.29 is 22.8 Å². The molecule has 0 radical (unpaired) electrons. The third-order valence-electron chi connectivity index (χ3n) is 4.22. The Hall–Kier alpha value is -2.49. The predicted octanol–water partition coefficient (Wildman–Crippen LogP) is 2.68. The lowest BCUT2D eigenvalue weighted by Gasteiger charge is -2.17. The number of anilines is 1. The first-order chi connectivity index (χ1) is 12.2. The van der Waals surface area contributed by atoms with Crippen LogP contribution in [0.15, 0.2) is 24.3 Å². The minimum Gasteiger partial charge on any atom is -0.344 e. The maximum Gasteiger partial charge on any atom is 0.416 e. The Labute approximate surface area is 151 Å². The van der Waals surface area contributed by atoms with Crippen LogP contribution in [-0.4, -0.2) is 40.5 Å². The van der Waals surface area contributed by atoms with Gasteiger partial charge in [-0.15, -0.1) is 10.2 Å². The minimum atomic E-state index is -4.44. The highest BCUT2D eigenvalue weighted by molar-refractivity contribution is 7.15. The molecule has 1 fully saturated rings. The van der Waals surface area contributed by atoms with E-state index < -0.39 is 29.5 Å². The van der Waals surface area contributed by atoms with Gasteiger partial charge in [0.1, 0.15) is 10.9 Å². The summed E-state index contributed by atoms with van der Waals surface area (Å²) < 4.78 is 38.2. The number of alkyl halides is 3. The summed E-state index contributed by atoms with van der Waals surface area (Å²) in [4.78, 5) is 26.4. The molecule has 1 aromatic carbocycles. The third kappa shape index (κ3) is 3.55. The molecule has 0 saturated carbocycles. The highest BCUT2D eigenvalue weighted by Gasteiger charge is 2.44. The van der Waals surface area contributed by atoms with Crippen molar-refractivity contribution in [1.82, 2.24) is 15.1 Å².